The number of ether oxygens (including phenoxy) is 1. The quantitative estimate of drug-likeness (QED) is 0.840. The molecule has 0 aliphatic rings. The number of carbonyl (C=O) groups is 1. The molecule has 0 spiro atoms. The second kappa shape index (κ2) is 7.78. The van der Waals surface area contributed by atoms with Crippen LogP contribution in [0.2, 0.25) is 0 Å². The van der Waals surface area contributed by atoms with Crippen LogP contribution in [0.4, 0.5) is 11.4 Å². The Kier molecular flexibility index (Phi) is 5.92. The lowest BCUT2D eigenvalue weighted by Crippen LogP contribution is -2.45. The molecule has 0 radical (unpaired) electrons. The molecule has 0 heterocycles. The summed E-state index contributed by atoms with van der Waals surface area (Å²) < 4.78 is 31.0. The summed E-state index contributed by atoms with van der Waals surface area (Å²) in [5, 5.41) is 2.74. The summed E-state index contributed by atoms with van der Waals surface area (Å²) in [7, 11) is -2.12. The van der Waals surface area contributed by atoms with E-state index in [1.54, 1.807) is 43.3 Å². The first kappa shape index (κ1) is 19.8. The van der Waals surface area contributed by atoms with E-state index in [1.165, 1.54) is 7.11 Å². The zero-order chi connectivity index (χ0) is 19.5. The molecule has 1 amide bonds. The van der Waals surface area contributed by atoms with Crippen LogP contribution in [0.1, 0.15) is 18.1 Å². The van der Waals surface area contributed by atoms with Gasteiger partial charge in [-0.3, -0.25) is 9.10 Å². The van der Waals surface area contributed by atoms with Crippen molar-refractivity contribution in [2.24, 2.45) is 0 Å². The van der Waals surface area contributed by atoms with E-state index in [0.29, 0.717) is 17.1 Å². The molecule has 0 saturated heterocycles. The Bertz CT molecular complexity index is 889. The highest BCUT2D eigenvalue weighted by Crippen LogP contribution is 2.25. The molecule has 0 bridgehead atoms. The van der Waals surface area contributed by atoms with Gasteiger partial charge in [0.25, 0.3) is 0 Å². The lowest BCUT2D eigenvalue weighted by molar-refractivity contribution is -0.116. The largest absolute Gasteiger partial charge is 0.497 e. The highest BCUT2D eigenvalue weighted by Gasteiger charge is 2.29. The SMILES string of the molecule is COc1cccc(NC(=O)C(C)N(c2cc(C)cc(C)c2)S(C)(=O)=O)c1. The number of carbonyl (C=O) groups excluding carboxylic acids is 1. The number of nitrogens with one attached hydrogen (secondary N) is 1. The van der Waals surface area contributed by atoms with Crippen LogP contribution in [-0.2, 0) is 14.8 Å². The Morgan fingerprint density at radius 2 is 1.73 bits per heavy atom. The third kappa shape index (κ3) is 4.76. The second-order valence-corrected chi connectivity index (χ2v) is 8.16. The van der Waals surface area contributed by atoms with Gasteiger partial charge >= 0.3 is 0 Å². The van der Waals surface area contributed by atoms with Crippen molar-refractivity contribution in [1.29, 1.82) is 0 Å². The van der Waals surface area contributed by atoms with Crippen molar-refractivity contribution in [1.82, 2.24) is 0 Å². The molecule has 0 aromatic heterocycles. The first-order valence-corrected chi connectivity index (χ1v) is 9.99. The number of hydrogen-bond acceptors (Lipinski definition) is 4. The fourth-order valence-corrected chi connectivity index (χ4v) is 3.99. The maximum atomic E-state index is 12.7. The van der Waals surface area contributed by atoms with E-state index >= 15 is 0 Å². The fourth-order valence-electron chi connectivity index (χ4n) is 2.83. The maximum Gasteiger partial charge on any atom is 0.247 e. The number of sulfonamides is 1. The summed E-state index contributed by atoms with van der Waals surface area (Å²) in [6.07, 6.45) is 1.10. The van der Waals surface area contributed by atoms with Crippen LogP contribution in [-0.4, -0.2) is 33.7 Å². The van der Waals surface area contributed by atoms with E-state index in [-0.39, 0.29) is 0 Å². The molecule has 1 N–H and O–H groups in total. The Morgan fingerprint density at radius 1 is 1.12 bits per heavy atom. The number of nitrogens with zero attached hydrogens (tertiary/aromatic N) is 1. The van der Waals surface area contributed by atoms with Crippen molar-refractivity contribution in [3.63, 3.8) is 0 Å². The molecule has 0 saturated carbocycles. The molecule has 6 nitrogen and oxygen atoms in total. The minimum Gasteiger partial charge on any atom is -0.497 e. The van der Waals surface area contributed by atoms with Gasteiger partial charge < -0.3 is 10.1 Å². The van der Waals surface area contributed by atoms with Crippen LogP contribution in [0.15, 0.2) is 42.5 Å². The third-order valence-electron chi connectivity index (χ3n) is 3.89. The van der Waals surface area contributed by atoms with E-state index in [9.17, 15) is 13.2 Å². The Balaban J connectivity index is 2.34. The molecule has 26 heavy (non-hydrogen) atoms. The number of methoxy groups -OCH3 is 1. The fraction of sp³-hybridized carbons (Fsp3) is 0.316. The van der Waals surface area contributed by atoms with Gasteiger partial charge in [-0.2, -0.15) is 0 Å². The first-order valence-electron chi connectivity index (χ1n) is 8.14. The smallest absolute Gasteiger partial charge is 0.247 e. The number of hydrogen-bond donors (Lipinski definition) is 1. The molecular weight excluding hydrogens is 352 g/mol. The van der Waals surface area contributed by atoms with E-state index in [1.807, 2.05) is 19.9 Å². The molecule has 1 unspecified atom stereocenters. The van der Waals surface area contributed by atoms with Crippen LogP contribution in [0.25, 0.3) is 0 Å². The predicted octanol–water partition coefficient (Wildman–Crippen LogP) is 3.11. The third-order valence-corrected chi connectivity index (χ3v) is 5.13. The summed E-state index contributed by atoms with van der Waals surface area (Å²) >= 11 is 0. The average Bonchev–Trinajstić information content (AvgIpc) is 2.52. The van der Waals surface area contributed by atoms with Crippen LogP contribution in [0.3, 0.4) is 0 Å². The summed E-state index contributed by atoms with van der Waals surface area (Å²) in [4.78, 5) is 12.7. The van der Waals surface area contributed by atoms with E-state index in [2.05, 4.69) is 5.32 Å². The monoisotopic (exact) mass is 376 g/mol. The lowest BCUT2D eigenvalue weighted by atomic mass is 10.1. The second-order valence-electron chi connectivity index (χ2n) is 6.30. The van der Waals surface area contributed by atoms with E-state index in [4.69, 9.17) is 4.74 Å². The van der Waals surface area contributed by atoms with Gasteiger partial charge in [-0.25, -0.2) is 8.42 Å². The van der Waals surface area contributed by atoms with Gasteiger partial charge in [0.1, 0.15) is 11.8 Å². The lowest BCUT2D eigenvalue weighted by Gasteiger charge is -2.28. The number of amides is 1. The molecule has 0 aliphatic heterocycles. The molecule has 0 fully saturated rings. The van der Waals surface area contributed by atoms with Gasteiger partial charge in [-0.15, -0.1) is 0 Å². The minimum absolute atomic E-state index is 0.428. The van der Waals surface area contributed by atoms with Gasteiger partial charge in [0, 0.05) is 11.8 Å². The Hall–Kier alpha value is -2.54. The Morgan fingerprint density at radius 3 is 2.27 bits per heavy atom. The average molecular weight is 376 g/mol. The standard InChI is InChI=1S/C19H24N2O4S/c1-13-9-14(2)11-17(10-13)21(26(5,23)24)15(3)19(22)20-16-7-6-8-18(12-16)25-4/h6-12,15H,1-5H3,(H,20,22). The topological polar surface area (TPSA) is 75.7 Å². The molecule has 140 valence electrons. The van der Waals surface area contributed by atoms with Crippen LogP contribution < -0.4 is 14.4 Å². The summed E-state index contributed by atoms with van der Waals surface area (Å²) in [5.41, 5.74) is 2.86. The molecule has 2 aromatic rings. The normalized spacial score (nSPS) is 12.3. The maximum absolute atomic E-state index is 12.7. The zero-order valence-electron chi connectivity index (χ0n) is 15.6. The Labute approximate surface area is 154 Å². The molecule has 1 atom stereocenters. The zero-order valence-corrected chi connectivity index (χ0v) is 16.4. The summed E-state index contributed by atoms with van der Waals surface area (Å²) in [5.74, 6) is 0.174. The van der Waals surface area contributed by atoms with E-state index in [0.717, 1.165) is 21.7 Å². The van der Waals surface area contributed by atoms with Crippen LogP contribution >= 0.6 is 0 Å². The summed E-state index contributed by atoms with van der Waals surface area (Å²) in [6, 6.07) is 11.4. The van der Waals surface area contributed by atoms with Gasteiger partial charge in [0.2, 0.25) is 15.9 Å². The van der Waals surface area contributed by atoms with Gasteiger partial charge in [0.05, 0.1) is 19.1 Å². The van der Waals surface area contributed by atoms with Gasteiger partial charge in [-0.05, 0) is 56.2 Å². The van der Waals surface area contributed by atoms with Gasteiger partial charge in [-0.1, -0.05) is 12.1 Å². The van der Waals surface area contributed by atoms with E-state index < -0.39 is 22.0 Å². The summed E-state index contributed by atoms with van der Waals surface area (Å²) in [6.45, 7) is 5.34. The molecule has 2 rings (SSSR count). The van der Waals surface area contributed by atoms with Crippen molar-refractivity contribution in [2.75, 3.05) is 23.0 Å². The van der Waals surface area contributed by atoms with Gasteiger partial charge in [0.15, 0.2) is 0 Å². The molecular formula is C19H24N2O4S. The van der Waals surface area contributed by atoms with Crippen LogP contribution in [0.5, 0.6) is 5.75 Å². The molecule has 7 heteroatoms. The first-order chi connectivity index (χ1) is 12.1. The number of rotatable bonds is 6. The van der Waals surface area contributed by atoms with Crippen molar-refractivity contribution in [3.05, 3.63) is 53.6 Å². The van der Waals surface area contributed by atoms with Crippen molar-refractivity contribution >= 4 is 27.3 Å². The van der Waals surface area contributed by atoms with Crippen molar-refractivity contribution in [2.45, 2.75) is 26.8 Å². The number of benzene rings is 2. The highest BCUT2D eigenvalue weighted by molar-refractivity contribution is 7.92. The highest BCUT2D eigenvalue weighted by atomic mass is 32.2. The minimum atomic E-state index is -3.65. The van der Waals surface area contributed by atoms with Crippen molar-refractivity contribution < 1.29 is 17.9 Å². The predicted molar refractivity (Wildman–Crippen MR) is 104 cm³/mol. The number of aryl methyl sites for hydroxylation is 2. The van der Waals surface area contributed by atoms with Crippen LogP contribution in [0, 0.1) is 13.8 Å². The number of anilines is 2. The molecule has 2 aromatic carbocycles. The van der Waals surface area contributed by atoms with Crippen molar-refractivity contribution in [3.8, 4) is 5.75 Å². The molecule has 0 aliphatic carbocycles.